The smallest absolute Gasteiger partial charge is 0.270 e. The molecule has 2 N–H and O–H groups in total. The molecule has 0 aromatic carbocycles. The lowest BCUT2D eigenvalue weighted by Crippen LogP contribution is -2.27. The second-order valence-electron chi connectivity index (χ2n) is 3.73. The molecule has 90 valence electrons. The van der Waals surface area contributed by atoms with E-state index >= 15 is 0 Å². The van der Waals surface area contributed by atoms with Gasteiger partial charge in [0, 0.05) is 17.7 Å². The van der Waals surface area contributed by atoms with E-state index in [-0.39, 0.29) is 5.91 Å². The number of aromatic amines is 2. The number of amides is 1. The molecule has 0 bridgehead atoms. The van der Waals surface area contributed by atoms with Gasteiger partial charge in [0.15, 0.2) is 5.82 Å². The minimum Gasteiger partial charge on any atom is -0.356 e. The van der Waals surface area contributed by atoms with Crippen LogP contribution in [-0.2, 0) is 6.54 Å². The first-order valence-corrected chi connectivity index (χ1v) is 5.83. The molecule has 1 amide bonds. The third-order valence-electron chi connectivity index (χ3n) is 2.25. The third kappa shape index (κ3) is 2.73. The lowest BCUT2D eigenvalue weighted by Gasteiger charge is -2.13. The Balaban J connectivity index is 2.05. The van der Waals surface area contributed by atoms with Crippen molar-refractivity contribution in [3.05, 3.63) is 34.1 Å². The number of nitrogens with zero attached hydrogens (tertiary/aromatic N) is 3. The standard InChI is InChI=1S/C10H12BrN5O/c1-6-13-9(15-14-6)5-16(2)10(17)8-3-7(11)4-12-8/h3-4,12H,5H2,1-2H3,(H,13,14,15). The van der Waals surface area contributed by atoms with Crippen LogP contribution in [-0.4, -0.2) is 38.0 Å². The second kappa shape index (κ2) is 4.70. The Bertz CT molecular complexity index is 532. The number of H-pyrrole nitrogens is 2. The maximum Gasteiger partial charge on any atom is 0.270 e. The second-order valence-corrected chi connectivity index (χ2v) is 4.65. The molecule has 17 heavy (non-hydrogen) atoms. The number of hydrogen-bond acceptors (Lipinski definition) is 3. The Kier molecular flexibility index (Phi) is 3.28. The van der Waals surface area contributed by atoms with E-state index < -0.39 is 0 Å². The first-order chi connectivity index (χ1) is 8.06. The largest absolute Gasteiger partial charge is 0.356 e. The number of hydrogen-bond donors (Lipinski definition) is 2. The van der Waals surface area contributed by atoms with Crippen molar-refractivity contribution >= 4 is 21.8 Å². The molecule has 0 aliphatic heterocycles. The van der Waals surface area contributed by atoms with E-state index in [1.54, 1.807) is 24.2 Å². The van der Waals surface area contributed by atoms with Gasteiger partial charge < -0.3 is 9.88 Å². The van der Waals surface area contributed by atoms with Crippen LogP contribution in [0.15, 0.2) is 16.7 Å². The van der Waals surface area contributed by atoms with Crippen LogP contribution in [0.25, 0.3) is 0 Å². The number of aryl methyl sites for hydroxylation is 1. The Morgan fingerprint density at radius 2 is 2.35 bits per heavy atom. The molecule has 6 nitrogen and oxygen atoms in total. The summed E-state index contributed by atoms with van der Waals surface area (Å²) in [6.45, 7) is 2.19. The molecule has 0 atom stereocenters. The number of carbonyl (C=O) groups is 1. The maximum absolute atomic E-state index is 12.0. The third-order valence-corrected chi connectivity index (χ3v) is 2.70. The number of carbonyl (C=O) groups excluding carboxylic acids is 1. The van der Waals surface area contributed by atoms with Gasteiger partial charge in [0.1, 0.15) is 11.5 Å². The van der Waals surface area contributed by atoms with Gasteiger partial charge in [0.2, 0.25) is 0 Å². The molecule has 0 radical (unpaired) electrons. The van der Waals surface area contributed by atoms with E-state index in [9.17, 15) is 4.79 Å². The molecular weight excluding hydrogens is 286 g/mol. The van der Waals surface area contributed by atoms with Crippen LogP contribution in [0.5, 0.6) is 0 Å². The SMILES string of the molecule is Cc1nc(CN(C)C(=O)c2cc(Br)c[nH]2)n[nH]1. The van der Waals surface area contributed by atoms with Crippen molar-refractivity contribution < 1.29 is 4.79 Å². The van der Waals surface area contributed by atoms with Gasteiger partial charge in [-0.2, -0.15) is 5.10 Å². The summed E-state index contributed by atoms with van der Waals surface area (Å²) in [5.41, 5.74) is 0.534. The van der Waals surface area contributed by atoms with Crippen LogP contribution in [0.1, 0.15) is 22.1 Å². The number of aromatic nitrogens is 4. The van der Waals surface area contributed by atoms with Gasteiger partial charge in [-0.3, -0.25) is 9.89 Å². The van der Waals surface area contributed by atoms with Crippen LogP contribution in [0, 0.1) is 6.92 Å². The summed E-state index contributed by atoms with van der Waals surface area (Å²) >= 11 is 3.29. The molecule has 0 aliphatic carbocycles. The first-order valence-electron chi connectivity index (χ1n) is 5.03. The van der Waals surface area contributed by atoms with Crippen LogP contribution >= 0.6 is 15.9 Å². The number of halogens is 1. The zero-order valence-corrected chi connectivity index (χ0v) is 11.1. The molecule has 0 aliphatic rings. The van der Waals surface area contributed by atoms with Crippen LogP contribution in [0.4, 0.5) is 0 Å². The van der Waals surface area contributed by atoms with E-state index in [0.717, 1.165) is 10.3 Å². The highest BCUT2D eigenvalue weighted by atomic mass is 79.9. The lowest BCUT2D eigenvalue weighted by atomic mass is 10.3. The van der Waals surface area contributed by atoms with E-state index in [1.165, 1.54) is 0 Å². The zero-order valence-electron chi connectivity index (χ0n) is 9.49. The predicted molar refractivity (Wildman–Crippen MR) is 65.4 cm³/mol. The Labute approximate surface area is 107 Å². The van der Waals surface area contributed by atoms with Gasteiger partial charge in [0.05, 0.1) is 6.54 Å². The van der Waals surface area contributed by atoms with Crippen molar-refractivity contribution in [2.45, 2.75) is 13.5 Å². The zero-order chi connectivity index (χ0) is 12.4. The average molecular weight is 298 g/mol. The van der Waals surface area contributed by atoms with Crippen molar-refractivity contribution in [2.75, 3.05) is 7.05 Å². The van der Waals surface area contributed by atoms with E-state index in [4.69, 9.17) is 0 Å². The molecule has 0 unspecified atom stereocenters. The maximum atomic E-state index is 12.0. The Morgan fingerprint density at radius 1 is 1.59 bits per heavy atom. The summed E-state index contributed by atoms with van der Waals surface area (Å²) < 4.78 is 0.850. The van der Waals surface area contributed by atoms with Crippen LogP contribution in [0.3, 0.4) is 0 Å². The van der Waals surface area contributed by atoms with Crippen molar-refractivity contribution in [1.29, 1.82) is 0 Å². The summed E-state index contributed by atoms with van der Waals surface area (Å²) in [6, 6.07) is 1.74. The molecule has 2 aromatic heterocycles. The van der Waals surface area contributed by atoms with Gasteiger partial charge in [-0.25, -0.2) is 4.98 Å². The summed E-state index contributed by atoms with van der Waals surface area (Å²) in [4.78, 5) is 20.6. The summed E-state index contributed by atoms with van der Waals surface area (Å²) in [5, 5.41) is 6.73. The lowest BCUT2D eigenvalue weighted by molar-refractivity contribution is 0.0776. The molecule has 0 saturated heterocycles. The van der Waals surface area contributed by atoms with Gasteiger partial charge >= 0.3 is 0 Å². The van der Waals surface area contributed by atoms with Crippen molar-refractivity contribution in [3.63, 3.8) is 0 Å². The molecule has 2 rings (SSSR count). The molecule has 0 fully saturated rings. The summed E-state index contributed by atoms with van der Waals surface area (Å²) in [5.74, 6) is 1.24. The molecule has 2 aromatic rings. The Morgan fingerprint density at radius 3 is 2.88 bits per heavy atom. The molecule has 7 heteroatoms. The summed E-state index contributed by atoms with van der Waals surface area (Å²) in [7, 11) is 1.71. The van der Waals surface area contributed by atoms with E-state index in [0.29, 0.717) is 18.1 Å². The minimum atomic E-state index is -0.0989. The molecule has 0 spiro atoms. The fourth-order valence-corrected chi connectivity index (χ4v) is 1.78. The highest BCUT2D eigenvalue weighted by molar-refractivity contribution is 9.10. The number of rotatable bonds is 3. The van der Waals surface area contributed by atoms with Crippen molar-refractivity contribution in [3.8, 4) is 0 Å². The highest BCUT2D eigenvalue weighted by Crippen LogP contribution is 2.12. The van der Waals surface area contributed by atoms with Gasteiger partial charge in [-0.1, -0.05) is 0 Å². The molecular formula is C10H12BrN5O. The topological polar surface area (TPSA) is 77.7 Å². The fraction of sp³-hybridized carbons (Fsp3) is 0.300. The minimum absolute atomic E-state index is 0.0989. The fourth-order valence-electron chi connectivity index (χ4n) is 1.44. The summed E-state index contributed by atoms with van der Waals surface area (Å²) in [6.07, 6.45) is 1.72. The normalized spacial score (nSPS) is 10.5. The molecule has 0 saturated carbocycles. The predicted octanol–water partition coefficient (Wildman–Crippen LogP) is 1.48. The van der Waals surface area contributed by atoms with E-state index in [1.807, 2.05) is 6.92 Å². The monoisotopic (exact) mass is 297 g/mol. The van der Waals surface area contributed by atoms with Gasteiger partial charge in [0.25, 0.3) is 5.91 Å². The van der Waals surface area contributed by atoms with E-state index in [2.05, 4.69) is 36.1 Å². The highest BCUT2D eigenvalue weighted by Gasteiger charge is 2.15. The average Bonchev–Trinajstić information content (AvgIpc) is 2.87. The van der Waals surface area contributed by atoms with Crippen molar-refractivity contribution in [2.24, 2.45) is 0 Å². The molecule has 2 heterocycles. The van der Waals surface area contributed by atoms with Crippen LogP contribution in [0.2, 0.25) is 0 Å². The van der Waals surface area contributed by atoms with Gasteiger partial charge in [-0.15, -0.1) is 0 Å². The number of nitrogens with one attached hydrogen (secondary N) is 2. The van der Waals surface area contributed by atoms with Gasteiger partial charge in [-0.05, 0) is 28.9 Å². The van der Waals surface area contributed by atoms with Crippen LogP contribution < -0.4 is 0 Å². The Hall–Kier alpha value is -1.63. The first kappa shape index (κ1) is 11.8. The van der Waals surface area contributed by atoms with Crippen molar-refractivity contribution in [1.82, 2.24) is 25.1 Å². The quantitative estimate of drug-likeness (QED) is 0.901.